The Labute approximate surface area is 177 Å². The number of rotatable bonds is 6. The van der Waals surface area contributed by atoms with Crippen LogP contribution in [0.5, 0.6) is 0 Å². The molecule has 10 nitrogen and oxygen atoms in total. The molecule has 2 aromatic rings. The molecule has 1 aliphatic heterocycles. The zero-order chi connectivity index (χ0) is 22.9. The molecule has 1 aliphatic rings. The molecule has 0 aliphatic carbocycles. The number of amides is 1. The van der Waals surface area contributed by atoms with E-state index in [1.54, 1.807) is 11.8 Å². The van der Waals surface area contributed by atoms with Gasteiger partial charge in [0, 0.05) is 18.5 Å². The molecule has 3 rings (SSSR count). The Kier molecular flexibility index (Phi) is 6.40. The van der Waals surface area contributed by atoms with Gasteiger partial charge in [-0.1, -0.05) is 0 Å². The zero-order valence-electron chi connectivity index (χ0n) is 16.7. The van der Waals surface area contributed by atoms with Crippen LogP contribution in [-0.2, 0) is 24.4 Å². The van der Waals surface area contributed by atoms with Gasteiger partial charge in [-0.05, 0) is 12.5 Å². The van der Waals surface area contributed by atoms with Crippen LogP contribution < -0.4 is 16.6 Å². The first-order valence-electron chi connectivity index (χ1n) is 9.14. The summed E-state index contributed by atoms with van der Waals surface area (Å²) in [5, 5.41) is 11.2. The summed E-state index contributed by atoms with van der Waals surface area (Å²) in [5.41, 5.74) is -1.63. The van der Waals surface area contributed by atoms with Crippen molar-refractivity contribution < 1.29 is 27.8 Å². The SMILES string of the molecule is COCCn1c(=O)n(CC(F)(F)F)c(=O)c2c(C)c(CN3CCN=C3NC(=O)O)sc21. The van der Waals surface area contributed by atoms with Gasteiger partial charge in [-0.3, -0.25) is 24.2 Å². The average Bonchev–Trinajstić information content (AvgIpc) is 3.22. The number of carboxylic acid groups (broad SMARTS) is 1. The number of nitrogens with zero attached hydrogens (tertiary/aromatic N) is 4. The number of halogens is 3. The van der Waals surface area contributed by atoms with E-state index in [9.17, 15) is 27.6 Å². The molecule has 0 spiro atoms. The fourth-order valence-electron chi connectivity index (χ4n) is 3.31. The second-order valence-corrected chi connectivity index (χ2v) is 7.90. The number of nitrogens with one attached hydrogen (secondary N) is 1. The lowest BCUT2D eigenvalue weighted by Gasteiger charge is -2.19. The van der Waals surface area contributed by atoms with Gasteiger partial charge in [0.2, 0.25) is 5.96 Å². The summed E-state index contributed by atoms with van der Waals surface area (Å²) < 4.78 is 45.3. The van der Waals surface area contributed by atoms with Crippen LogP contribution in [0.3, 0.4) is 0 Å². The summed E-state index contributed by atoms with van der Waals surface area (Å²) >= 11 is 1.10. The minimum Gasteiger partial charge on any atom is -0.465 e. The Bertz CT molecular complexity index is 1150. The van der Waals surface area contributed by atoms with Crippen molar-refractivity contribution in [1.29, 1.82) is 0 Å². The molecule has 0 bridgehead atoms. The predicted molar refractivity (Wildman–Crippen MR) is 107 cm³/mol. The van der Waals surface area contributed by atoms with E-state index in [-0.39, 0.29) is 40.4 Å². The van der Waals surface area contributed by atoms with Gasteiger partial charge in [0.05, 0.1) is 31.6 Å². The van der Waals surface area contributed by atoms with E-state index in [1.165, 1.54) is 7.11 Å². The maximum atomic E-state index is 13.0. The van der Waals surface area contributed by atoms with E-state index >= 15 is 0 Å². The van der Waals surface area contributed by atoms with Crippen molar-refractivity contribution in [3.05, 3.63) is 31.3 Å². The average molecular weight is 463 g/mol. The van der Waals surface area contributed by atoms with Crippen molar-refractivity contribution >= 4 is 33.6 Å². The molecular formula is C17H20F3N5O5S. The summed E-state index contributed by atoms with van der Waals surface area (Å²) in [6.07, 6.45) is -6.02. The standard InChI is InChI=1S/C17H20F3N5O5S/c1-9-10(7-23-4-3-21-14(23)22-15(27)28)31-13-11(9)12(26)25(8-17(18,19)20)16(29)24(13)5-6-30-2/h3-8H2,1-2H3,(H,21,22)(H,27,28). The first-order chi connectivity index (χ1) is 14.5. The van der Waals surface area contributed by atoms with E-state index in [2.05, 4.69) is 10.3 Å². The highest BCUT2D eigenvalue weighted by molar-refractivity contribution is 7.18. The zero-order valence-corrected chi connectivity index (χ0v) is 17.5. The monoisotopic (exact) mass is 463 g/mol. The third-order valence-corrected chi connectivity index (χ3v) is 6.03. The van der Waals surface area contributed by atoms with E-state index in [0.717, 1.165) is 15.9 Å². The van der Waals surface area contributed by atoms with Crippen molar-refractivity contribution in [2.75, 3.05) is 26.8 Å². The number of aromatic nitrogens is 2. The van der Waals surface area contributed by atoms with Gasteiger partial charge < -0.3 is 14.7 Å². The fourth-order valence-corrected chi connectivity index (χ4v) is 4.64. The number of carbonyl (C=O) groups is 1. The van der Waals surface area contributed by atoms with Crippen molar-refractivity contribution in [3.8, 4) is 0 Å². The Morgan fingerprint density at radius 1 is 1.32 bits per heavy atom. The number of fused-ring (bicyclic) bond motifs is 1. The van der Waals surface area contributed by atoms with E-state index in [1.807, 2.05) is 0 Å². The van der Waals surface area contributed by atoms with Crippen LogP contribution in [0.4, 0.5) is 18.0 Å². The molecular weight excluding hydrogens is 443 g/mol. The Morgan fingerprint density at radius 2 is 2.03 bits per heavy atom. The van der Waals surface area contributed by atoms with E-state index in [4.69, 9.17) is 9.84 Å². The number of ether oxygens (including phenoxy) is 1. The van der Waals surface area contributed by atoms with Crippen LogP contribution >= 0.6 is 11.3 Å². The highest BCUT2D eigenvalue weighted by Gasteiger charge is 2.32. The molecule has 0 saturated heterocycles. The summed E-state index contributed by atoms with van der Waals surface area (Å²) in [7, 11) is 1.39. The van der Waals surface area contributed by atoms with Gasteiger partial charge in [0.15, 0.2) is 0 Å². The number of thiophene rings is 1. The number of guanidine groups is 1. The van der Waals surface area contributed by atoms with E-state index in [0.29, 0.717) is 23.5 Å². The third kappa shape index (κ3) is 4.74. The van der Waals surface area contributed by atoms with Gasteiger partial charge in [0.25, 0.3) is 5.56 Å². The van der Waals surface area contributed by atoms with Gasteiger partial charge in [-0.15, -0.1) is 11.3 Å². The highest BCUT2D eigenvalue weighted by atomic mass is 32.1. The first-order valence-corrected chi connectivity index (χ1v) is 9.95. The molecule has 3 heterocycles. The summed E-state index contributed by atoms with van der Waals surface area (Å²) in [4.78, 5) is 43.1. The maximum absolute atomic E-state index is 13.0. The van der Waals surface area contributed by atoms with Crippen LogP contribution in [0.2, 0.25) is 0 Å². The second-order valence-electron chi connectivity index (χ2n) is 6.82. The van der Waals surface area contributed by atoms with Crippen LogP contribution in [0.15, 0.2) is 14.6 Å². The smallest absolute Gasteiger partial charge is 0.411 e. The number of methoxy groups -OCH3 is 1. The molecule has 2 N–H and O–H groups in total. The van der Waals surface area contributed by atoms with Gasteiger partial charge in [0.1, 0.15) is 11.4 Å². The molecule has 170 valence electrons. The summed E-state index contributed by atoms with van der Waals surface area (Å²) in [6.45, 7) is 0.924. The minimum absolute atomic E-state index is 0.0274. The lowest BCUT2D eigenvalue weighted by molar-refractivity contribution is -0.141. The Balaban J connectivity index is 2.12. The van der Waals surface area contributed by atoms with Crippen LogP contribution in [0, 0.1) is 6.92 Å². The number of aliphatic imine (C=N–C) groups is 1. The van der Waals surface area contributed by atoms with E-state index < -0.39 is 30.1 Å². The third-order valence-electron chi connectivity index (χ3n) is 4.73. The quantitative estimate of drug-likeness (QED) is 0.664. The van der Waals surface area contributed by atoms with Crippen LogP contribution in [-0.4, -0.2) is 64.2 Å². The lowest BCUT2D eigenvalue weighted by Crippen LogP contribution is -2.43. The molecule has 0 unspecified atom stereocenters. The normalized spacial score (nSPS) is 14.4. The van der Waals surface area contributed by atoms with Gasteiger partial charge in [-0.25, -0.2) is 9.59 Å². The molecule has 0 aromatic carbocycles. The number of aryl methyl sites for hydroxylation is 1. The van der Waals surface area contributed by atoms with Crippen molar-refractivity contribution in [3.63, 3.8) is 0 Å². The molecule has 31 heavy (non-hydrogen) atoms. The van der Waals surface area contributed by atoms with Gasteiger partial charge >= 0.3 is 18.0 Å². The number of hydrogen-bond donors (Lipinski definition) is 2. The molecule has 0 saturated carbocycles. The fraction of sp³-hybridized carbons (Fsp3) is 0.529. The Hall–Kier alpha value is -2.87. The second kappa shape index (κ2) is 8.70. The molecule has 14 heteroatoms. The molecule has 0 radical (unpaired) electrons. The lowest BCUT2D eigenvalue weighted by atomic mass is 10.2. The molecule has 1 amide bonds. The Morgan fingerprint density at radius 3 is 2.65 bits per heavy atom. The molecule has 2 aromatic heterocycles. The maximum Gasteiger partial charge on any atom is 0.411 e. The number of hydrogen-bond acceptors (Lipinski definition) is 7. The minimum atomic E-state index is -4.74. The van der Waals surface area contributed by atoms with Crippen molar-refractivity contribution in [2.45, 2.75) is 32.7 Å². The summed E-state index contributed by atoms with van der Waals surface area (Å²) in [6, 6.07) is 0. The number of alkyl halides is 3. The van der Waals surface area contributed by atoms with Gasteiger partial charge in [-0.2, -0.15) is 13.2 Å². The topological polar surface area (TPSA) is 118 Å². The molecule has 0 atom stereocenters. The van der Waals surface area contributed by atoms with Crippen molar-refractivity contribution in [2.24, 2.45) is 4.99 Å². The largest absolute Gasteiger partial charge is 0.465 e. The van der Waals surface area contributed by atoms with Crippen LogP contribution in [0.1, 0.15) is 10.4 Å². The van der Waals surface area contributed by atoms with Crippen LogP contribution in [0.25, 0.3) is 10.2 Å². The highest BCUT2D eigenvalue weighted by Crippen LogP contribution is 2.30. The first kappa shape index (κ1) is 22.8. The molecule has 0 fully saturated rings. The summed E-state index contributed by atoms with van der Waals surface area (Å²) in [5.74, 6) is 0.149. The predicted octanol–water partition coefficient (Wildman–Crippen LogP) is 1.18. The van der Waals surface area contributed by atoms with Crippen molar-refractivity contribution in [1.82, 2.24) is 19.4 Å².